The molecule has 1 aliphatic heterocycles. The van der Waals surface area contributed by atoms with Crippen LogP contribution in [0.3, 0.4) is 0 Å². The van der Waals surface area contributed by atoms with Crippen LogP contribution in [0.2, 0.25) is 0 Å². The Hall–Kier alpha value is -3.31. The summed E-state index contributed by atoms with van der Waals surface area (Å²) < 4.78 is 39.3. The molecule has 2 heterocycles. The second kappa shape index (κ2) is 8.32. The summed E-state index contributed by atoms with van der Waals surface area (Å²) >= 11 is 0. The fourth-order valence-electron chi connectivity index (χ4n) is 3.73. The Morgan fingerprint density at radius 2 is 1.81 bits per heavy atom. The van der Waals surface area contributed by atoms with Crippen LogP contribution in [0, 0.1) is 12.7 Å². The Morgan fingerprint density at radius 1 is 1.09 bits per heavy atom. The lowest BCUT2D eigenvalue weighted by Gasteiger charge is -2.34. The van der Waals surface area contributed by atoms with Gasteiger partial charge in [0.1, 0.15) is 5.82 Å². The Morgan fingerprint density at radius 3 is 2.44 bits per heavy atom. The van der Waals surface area contributed by atoms with Crippen molar-refractivity contribution in [2.24, 2.45) is 5.73 Å². The van der Waals surface area contributed by atoms with Crippen LogP contribution in [-0.2, 0) is 10.0 Å². The van der Waals surface area contributed by atoms with Gasteiger partial charge in [0.25, 0.3) is 5.91 Å². The third-order valence-corrected chi connectivity index (χ3v) is 6.74. The summed E-state index contributed by atoms with van der Waals surface area (Å²) in [7, 11) is -3.22. The molecule has 0 spiro atoms. The van der Waals surface area contributed by atoms with Crippen molar-refractivity contribution in [1.29, 1.82) is 0 Å². The Bertz CT molecular complexity index is 1310. The monoisotopic (exact) mass is 458 g/mol. The number of piperazine rings is 1. The molecule has 1 aliphatic rings. The predicted molar refractivity (Wildman–Crippen MR) is 121 cm³/mol. The molecule has 0 saturated carbocycles. The number of halogens is 1. The Kier molecular flexibility index (Phi) is 5.70. The number of anilines is 3. The number of primary amides is 1. The molecular formula is C21H23FN6O3S. The van der Waals surface area contributed by atoms with Gasteiger partial charge >= 0.3 is 0 Å². The number of sulfonamides is 1. The number of aromatic nitrogens is 2. The summed E-state index contributed by atoms with van der Waals surface area (Å²) in [5.74, 6) is -1.25. The van der Waals surface area contributed by atoms with Crippen LogP contribution in [0.15, 0.2) is 36.4 Å². The van der Waals surface area contributed by atoms with Crippen LogP contribution in [0.25, 0.3) is 10.9 Å². The van der Waals surface area contributed by atoms with E-state index in [-0.39, 0.29) is 17.1 Å². The third-order valence-electron chi connectivity index (χ3n) is 5.44. The van der Waals surface area contributed by atoms with Crippen LogP contribution in [0.5, 0.6) is 0 Å². The second-order valence-electron chi connectivity index (χ2n) is 7.75. The lowest BCUT2D eigenvalue weighted by Crippen LogP contribution is -2.48. The van der Waals surface area contributed by atoms with Crippen LogP contribution < -0.4 is 16.0 Å². The largest absolute Gasteiger partial charge is 0.369 e. The number of nitrogens with zero attached hydrogens (tertiary/aromatic N) is 4. The van der Waals surface area contributed by atoms with Gasteiger partial charge in [-0.3, -0.25) is 4.79 Å². The number of amides is 1. The molecule has 2 aromatic carbocycles. The number of carbonyl (C=O) groups is 1. The smallest absolute Gasteiger partial charge is 0.271 e. The minimum absolute atomic E-state index is 0.0907. The molecule has 4 rings (SSSR count). The van der Waals surface area contributed by atoms with E-state index in [1.165, 1.54) is 16.6 Å². The molecular weight excluding hydrogens is 435 g/mol. The number of rotatable bonds is 5. The average molecular weight is 459 g/mol. The molecule has 1 aromatic heterocycles. The van der Waals surface area contributed by atoms with Crippen LogP contribution in [0.1, 0.15) is 16.1 Å². The number of nitrogens with two attached hydrogens (primary N) is 1. The standard InChI is InChI=1S/C21H23FN6O3S/c1-13-3-6-17(16(22)11-13)24-19-15-5-4-14(12-18(15)25-26-20(19)21(23)29)27-7-9-28(10-8-27)32(2,30)31/h3-6,11-12H,7-10H2,1-2H3,(H2,23,29)(H,24,25). The zero-order valence-corrected chi connectivity index (χ0v) is 18.5. The molecule has 0 unspecified atom stereocenters. The summed E-state index contributed by atoms with van der Waals surface area (Å²) in [5, 5.41) is 11.6. The number of fused-ring (bicyclic) bond motifs is 1. The van der Waals surface area contributed by atoms with Gasteiger partial charge in [-0.1, -0.05) is 6.07 Å². The van der Waals surface area contributed by atoms with Crippen molar-refractivity contribution in [2.45, 2.75) is 6.92 Å². The molecule has 1 amide bonds. The highest BCUT2D eigenvalue weighted by Crippen LogP contribution is 2.31. The maximum Gasteiger partial charge on any atom is 0.271 e. The first kappa shape index (κ1) is 21.9. The number of carbonyl (C=O) groups excluding carboxylic acids is 1. The van der Waals surface area contributed by atoms with Crippen molar-refractivity contribution in [3.8, 4) is 0 Å². The maximum absolute atomic E-state index is 14.4. The zero-order chi connectivity index (χ0) is 23.0. The summed E-state index contributed by atoms with van der Waals surface area (Å²) in [5.41, 5.74) is 7.96. The van der Waals surface area contributed by atoms with Gasteiger partial charge in [-0.05, 0) is 42.8 Å². The van der Waals surface area contributed by atoms with E-state index in [0.29, 0.717) is 37.1 Å². The SMILES string of the molecule is Cc1ccc(Nc2c(C(N)=O)nnc3cc(N4CCN(S(C)(=O)=O)CC4)ccc23)c(F)c1. The molecule has 0 atom stereocenters. The van der Waals surface area contributed by atoms with E-state index in [9.17, 15) is 17.6 Å². The highest BCUT2D eigenvalue weighted by molar-refractivity contribution is 7.88. The molecule has 0 aliphatic carbocycles. The summed E-state index contributed by atoms with van der Waals surface area (Å²) in [4.78, 5) is 14.0. The molecule has 11 heteroatoms. The van der Waals surface area contributed by atoms with Crippen LogP contribution in [-0.4, -0.2) is 61.3 Å². The highest BCUT2D eigenvalue weighted by atomic mass is 32.2. The second-order valence-corrected chi connectivity index (χ2v) is 9.73. The average Bonchev–Trinajstić information content (AvgIpc) is 2.74. The van der Waals surface area contributed by atoms with Crippen molar-refractivity contribution in [3.63, 3.8) is 0 Å². The highest BCUT2D eigenvalue weighted by Gasteiger charge is 2.24. The first-order chi connectivity index (χ1) is 15.1. The van der Waals surface area contributed by atoms with E-state index >= 15 is 0 Å². The molecule has 3 aromatic rings. The molecule has 3 N–H and O–H groups in total. The molecule has 9 nitrogen and oxygen atoms in total. The summed E-state index contributed by atoms with van der Waals surface area (Å²) in [6, 6.07) is 10.1. The van der Waals surface area contributed by atoms with E-state index in [0.717, 1.165) is 11.3 Å². The van der Waals surface area contributed by atoms with Gasteiger partial charge in [0.05, 0.1) is 23.1 Å². The van der Waals surface area contributed by atoms with Crippen molar-refractivity contribution < 1.29 is 17.6 Å². The fraction of sp³-hybridized carbons (Fsp3) is 0.286. The van der Waals surface area contributed by atoms with Gasteiger partial charge in [0, 0.05) is 37.3 Å². The van der Waals surface area contributed by atoms with Crippen LogP contribution >= 0.6 is 0 Å². The predicted octanol–water partition coefficient (Wildman–Crippen LogP) is 2.00. The lowest BCUT2D eigenvalue weighted by molar-refractivity contribution is 0.0995. The molecule has 1 saturated heterocycles. The maximum atomic E-state index is 14.4. The third kappa shape index (κ3) is 4.34. The number of hydrogen-bond acceptors (Lipinski definition) is 7. The minimum atomic E-state index is -3.22. The molecule has 0 bridgehead atoms. The number of nitrogens with one attached hydrogen (secondary N) is 1. The van der Waals surface area contributed by atoms with Crippen LogP contribution in [0.4, 0.5) is 21.5 Å². The van der Waals surface area contributed by atoms with Crippen molar-refractivity contribution in [1.82, 2.24) is 14.5 Å². The van der Waals surface area contributed by atoms with E-state index in [1.54, 1.807) is 31.2 Å². The van der Waals surface area contributed by atoms with Gasteiger partial charge in [0.15, 0.2) is 5.69 Å². The summed E-state index contributed by atoms with van der Waals surface area (Å²) in [6.45, 7) is 3.63. The molecule has 168 valence electrons. The number of benzene rings is 2. The van der Waals surface area contributed by atoms with E-state index in [2.05, 4.69) is 20.4 Å². The molecule has 32 heavy (non-hydrogen) atoms. The minimum Gasteiger partial charge on any atom is -0.369 e. The topological polar surface area (TPSA) is 122 Å². The normalized spacial score (nSPS) is 15.2. The van der Waals surface area contributed by atoms with Crippen molar-refractivity contribution in [3.05, 3.63) is 53.5 Å². The first-order valence-electron chi connectivity index (χ1n) is 9.97. The number of hydrogen-bond donors (Lipinski definition) is 2. The van der Waals surface area contributed by atoms with Gasteiger partial charge in [-0.15, -0.1) is 10.2 Å². The van der Waals surface area contributed by atoms with E-state index < -0.39 is 21.7 Å². The van der Waals surface area contributed by atoms with Gasteiger partial charge in [0.2, 0.25) is 10.0 Å². The van der Waals surface area contributed by atoms with Gasteiger partial charge in [-0.25, -0.2) is 12.8 Å². The van der Waals surface area contributed by atoms with E-state index in [1.807, 2.05) is 6.07 Å². The Balaban J connectivity index is 1.69. The van der Waals surface area contributed by atoms with Crippen molar-refractivity contribution >= 4 is 43.9 Å². The fourth-order valence-corrected chi connectivity index (χ4v) is 4.55. The first-order valence-corrected chi connectivity index (χ1v) is 11.8. The molecule has 0 radical (unpaired) electrons. The molecule has 1 fully saturated rings. The lowest BCUT2D eigenvalue weighted by atomic mass is 10.1. The van der Waals surface area contributed by atoms with Crippen molar-refractivity contribution in [2.75, 3.05) is 42.7 Å². The quantitative estimate of drug-likeness (QED) is 0.600. The summed E-state index contributed by atoms with van der Waals surface area (Å²) in [6.07, 6.45) is 1.20. The Labute approximate surface area is 185 Å². The zero-order valence-electron chi connectivity index (χ0n) is 17.7. The number of aryl methyl sites for hydroxylation is 1. The van der Waals surface area contributed by atoms with E-state index in [4.69, 9.17) is 5.73 Å². The van der Waals surface area contributed by atoms with Gasteiger partial charge < -0.3 is 16.0 Å². The van der Waals surface area contributed by atoms with Gasteiger partial charge in [-0.2, -0.15) is 4.31 Å².